The zero-order valence-electron chi connectivity index (χ0n) is 13.8. The van der Waals surface area contributed by atoms with Crippen LogP contribution in [0.25, 0.3) is 10.8 Å². The molecule has 0 N–H and O–H groups in total. The van der Waals surface area contributed by atoms with E-state index >= 15 is 0 Å². The molecule has 23 heavy (non-hydrogen) atoms. The fourth-order valence-corrected chi connectivity index (χ4v) is 2.79. The summed E-state index contributed by atoms with van der Waals surface area (Å²) in [4.78, 5) is 2.20. The van der Waals surface area contributed by atoms with Crippen LogP contribution in [-0.4, -0.2) is 25.5 Å². The first-order valence-electron chi connectivity index (χ1n) is 8.08. The van der Waals surface area contributed by atoms with Gasteiger partial charge in [0.1, 0.15) is 11.9 Å². The monoisotopic (exact) mass is 305 g/mol. The lowest BCUT2D eigenvalue weighted by molar-refractivity contribution is 0.182. The Balaban J connectivity index is 1.90. The first kappa shape index (κ1) is 15.6. The van der Waals surface area contributed by atoms with E-state index in [9.17, 15) is 0 Å². The van der Waals surface area contributed by atoms with E-state index in [1.807, 2.05) is 6.07 Å². The molecule has 0 bridgehead atoms. The molecule has 3 aromatic rings. The molecule has 0 fully saturated rings. The van der Waals surface area contributed by atoms with Gasteiger partial charge in [0.05, 0.1) is 0 Å². The van der Waals surface area contributed by atoms with Crippen molar-refractivity contribution < 1.29 is 4.74 Å². The van der Waals surface area contributed by atoms with E-state index in [1.54, 1.807) is 0 Å². The third-order valence-corrected chi connectivity index (χ3v) is 4.03. The van der Waals surface area contributed by atoms with Crippen molar-refractivity contribution in [3.63, 3.8) is 0 Å². The number of fused-ring (bicyclic) bond motifs is 1. The Morgan fingerprint density at radius 2 is 1.52 bits per heavy atom. The second-order valence-electron chi connectivity index (χ2n) is 6.09. The Labute approximate surface area is 138 Å². The summed E-state index contributed by atoms with van der Waals surface area (Å²) in [6.45, 7) is 0.990. The molecule has 0 aromatic heterocycles. The Morgan fingerprint density at radius 3 is 2.30 bits per heavy atom. The Hall–Kier alpha value is -2.32. The lowest BCUT2D eigenvalue weighted by Crippen LogP contribution is -2.18. The Kier molecular flexibility index (Phi) is 4.94. The average molecular weight is 305 g/mol. The molecule has 0 heterocycles. The lowest BCUT2D eigenvalue weighted by Gasteiger charge is -2.22. The molecule has 118 valence electrons. The predicted octanol–water partition coefficient (Wildman–Crippen LogP) is 4.91. The summed E-state index contributed by atoms with van der Waals surface area (Å²) in [5.74, 6) is 0.954. The van der Waals surface area contributed by atoms with Gasteiger partial charge in [0.25, 0.3) is 0 Å². The van der Waals surface area contributed by atoms with E-state index < -0.39 is 0 Å². The third kappa shape index (κ3) is 3.91. The van der Waals surface area contributed by atoms with Gasteiger partial charge in [-0.05, 0) is 31.1 Å². The van der Waals surface area contributed by atoms with Crippen molar-refractivity contribution in [2.24, 2.45) is 0 Å². The molecule has 0 saturated heterocycles. The first-order chi connectivity index (χ1) is 11.2. The second kappa shape index (κ2) is 7.30. The van der Waals surface area contributed by atoms with Crippen LogP contribution in [-0.2, 0) is 0 Å². The molecular formula is C21H23NO. The number of rotatable bonds is 6. The lowest BCUT2D eigenvalue weighted by atomic mass is 10.1. The summed E-state index contributed by atoms with van der Waals surface area (Å²) in [7, 11) is 4.19. The van der Waals surface area contributed by atoms with Crippen molar-refractivity contribution >= 4 is 10.8 Å². The summed E-state index contributed by atoms with van der Waals surface area (Å²) in [5.41, 5.74) is 1.22. The van der Waals surface area contributed by atoms with E-state index in [2.05, 4.69) is 85.7 Å². The third-order valence-electron chi connectivity index (χ3n) is 4.03. The summed E-state index contributed by atoms with van der Waals surface area (Å²) >= 11 is 0. The van der Waals surface area contributed by atoms with Crippen LogP contribution in [0.1, 0.15) is 18.1 Å². The molecule has 2 nitrogen and oxygen atoms in total. The van der Waals surface area contributed by atoms with Crippen LogP contribution in [0.2, 0.25) is 0 Å². The molecule has 0 spiro atoms. The SMILES string of the molecule is CN(C)CCC(Oc1cccc2ccccc12)c1ccccc1. The highest BCUT2D eigenvalue weighted by Crippen LogP contribution is 2.31. The van der Waals surface area contributed by atoms with Gasteiger partial charge in [-0.2, -0.15) is 0 Å². The van der Waals surface area contributed by atoms with Gasteiger partial charge in [-0.3, -0.25) is 0 Å². The molecule has 1 atom stereocenters. The molecule has 1 unspecified atom stereocenters. The molecule has 0 aliphatic rings. The minimum absolute atomic E-state index is 0.0596. The van der Waals surface area contributed by atoms with Crippen LogP contribution in [0.4, 0.5) is 0 Å². The summed E-state index contributed by atoms with van der Waals surface area (Å²) in [5, 5.41) is 2.38. The number of benzene rings is 3. The van der Waals surface area contributed by atoms with E-state index in [0.29, 0.717) is 0 Å². The van der Waals surface area contributed by atoms with Crippen LogP contribution in [0.5, 0.6) is 5.75 Å². The van der Waals surface area contributed by atoms with Gasteiger partial charge in [0.15, 0.2) is 0 Å². The molecule has 3 aromatic carbocycles. The minimum atomic E-state index is 0.0596. The van der Waals surface area contributed by atoms with Crippen molar-refractivity contribution in [1.29, 1.82) is 0 Å². The highest BCUT2D eigenvalue weighted by atomic mass is 16.5. The predicted molar refractivity (Wildman–Crippen MR) is 96.9 cm³/mol. The number of hydrogen-bond acceptors (Lipinski definition) is 2. The normalized spacial score (nSPS) is 12.5. The van der Waals surface area contributed by atoms with Crippen molar-refractivity contribution in [3.05, 3.63) is 78.4 Å². The fourth-order valence-electron chi connectivity index (χ4n) is 2.79. The van der Waals surface area contributed by atoms with Crippen molar-refractivity contribution in [1.82, 2.24) is 4.90 Å². The minimum Gasteiger partial charge on any atom is -0.485 e. The zero-order chi connectivity index (χ0) is 16.1. The van der Waals surface area contributed by atoms with Gasteiger partial charge >= 0.3 is 0 Å². The van der Waals surface area contributed by atoms with E-state index in [4.69, 9.17) is 4.74 Å². The van der Waals surface area contributed by atoms with Gasteiger partial charge in [-0.1, -0.05) is 66.7 Å². The van der Waals surface area contributed by atoms with Gasteiger partial charge in [-0.15, -0.1) is 0 Å². The number of hydrogen-bond donors (Lipinski definition) is 0. The molecule has 0 aliphatic heterocycles. The van der Waals surface area contributed by atoms with Crippen LogP contribution in [0, 0.1) is 0 Å². The van der Waals surface area contributed by atoms with Crippen molar-refractivity contribution in [2.45, 2.75) is 12.5 Å². The molecule has 0 amide bonds. The highest BCUT2D eigenvalue weighted by molar-refractivity contribution is 5.88. The van der Waals surface area contributed by atoms with Crippen LogP contribution >= 0.6 is 0 Å². The largest absolute Gasteiger partial charge is 0.485 e. The number of nitrogens with zero attached hydrogens (tertiary/aromatic N) is 1. The maximum Gasteiger partial charge on any atom is 0.128 e. The Morgan fingerprint density at radius 1 is 0.826 bits per heavy atom. The second-order valence-corrected chi connectivity index (χ2v) is 6.09. The smallest absolute Gasteiger partial charge is 0.128 e. The number of ether oxygens (including phenoxy) is 1. The Bertz CT molecular complexity index is 747. The van der Waals surface area contributed by atoms with Gasteiger partial charge in [0.2, 0.25) is 0 Å². The zero-order valence-corrected chi connectivity index (χ0v) is 13.8. The van der Waals surface area contributed by atoms with Crippen LogP contribution < -0.4 is 4.74 Å². The average Bonchev–Trinajstić information content (AvgIpc) is 2.59. The maximum absolute atomic E-state index is 6.44. The highest BCUT2D eigenvalue weighted by Gasteiger charge is 2.15. The standard InChI is InChI=1S/C21H23NO/c1-22(2)16-15-20(18-10-4-3-5-11-18)23-21-14-8-12-17-9-6-7-13-19(17)21/h3-14,20H,15-16H2,1-2H3. The molecular weight excluding hydrogens is 282 g/mol. The molecule has 0 saturated carbocycles. The van der Waals surface area contributed by atoms with E-state index in [-0.39, 0.29) is 6.10 Å². The van der Waals surface area contributed by atoms with Gasteiger partial charge in [-0.25, -0.2) is 0 Å². The van der Waals surface area contributed by atoms with Crippen molar-refractivity contribution in [2.75, 3.05) is 20.6 Å². The molecule has 0 aliphatic carbocycles. The van der Waals surface area contributed by atoms with E-state index in [1.165, 1.54) is 16.3 Å². The van der Waals surface area contributed by atoms with Gasteiger partial charge < -0.3 is 9.64 Å². The fraction of sp³-hybridized carbons (Fsp3) is 0.238. The summed E-state index contributed by atoms with van der Waals surface area (Å²) in [6.07, 6.45) is 1.02. The summed E-state index contributed by atoms with van der Waals surface area (Å²) in [6, 6.07) is 25.1. The quantitative estimate of drug-likeness (QED) is 0.641. The van der Waals surface area contributed by atoms with Crippen LogP contribution in [0.3, 0.4) is 0 Å². The topological polar surface area (TPSA) is 12.5 Å². The van der Waals surface area contributed by atoms with Gasteiger partial charge in [0, 0.05) is 18.4 Å². The van der Waals surface area contributed by atoms with Crippen molar-refractivity contribution in [3.8, 4) is 5.75 Å². The van der Waals surface area contributed by atoms with Crippen LogP contribution in [0.15, 0.2) is 72.8 Å². The maximum atomic E-state index is 6.44. The molecule has 2 heteroatoms. The molecule has 0 radical (unpaired) electrons. The summed E-state index contributed by atoms with van der Waals surface area (Å²) < 4.78 is 6.44. The first-order valence-corrected chi connectivity index (χ1v) is 8.08. The molecule has 3 rings (SSSR count). The van der Waals surface area contributed by atoms with E-state index in [0.717, 1.165) is 18.7 Å².